The molecule has 14 rings (SSSR count). The van der Waals surface area contributed by atoms with Gasteiger partial charge in [0.2, 0.25) is 0 Å². The molecular formula is C55H35BN4O2. The average Bonchev–Trinajstić information content (AvgIpc) is 3.65. The number of hydrogen-bond donors (Lipinski definition) is 0. The van der Waals surface area contributed by atoms with Gasteiger partial charge in [-0.05, 0) is 138 Å². The van der Waals surface area contributed by atoms with E-state index in [0.717, 1.165) is 68.3 Å². The summed E-state index contributed by atoms with van der Waals surface area (Å²) in [6, 6.07) is 69.9. The Kier molecular flexibility index (Phi) is 6.75. The number of fused-ring (bicyclic) bond motifs is 11. The molecule has 0 bridgehead atoms. The largest absolute Gasteiger partial charge is 0.453 e. The first-order chi connectivity index (χ1) is 30.7. The summed E-state index contributed by atoms with van der Waals surface area (Å²) in [5.41, 5.74) is 18.4. The fraction of sp³-hybridized carbons (Fsp3) is 0.0182. The highest BCUT2D eigenvalue weighted by atomic mass is 16.5. The fourth-order valence-electron chi connectivity index (χ4n) is 10.7. The molecule has 1 aromatic heterocycles. The van der Waals surface area contributed by atoms with E-state index >= 15 is 0 Å². The SMILES string of the molecule is Cc1cc2c3c(c1)-n1c4ccc(N5c6ccccc6Oc6ccccc65)cc4c4cc(N5c6ccccc6Oc6ccccc65)cc(c41)B3c1ccccc1N2c1ccccc1. The fourth-order valence-corrected chi connectivity index (χ4v) is 10.7. The number of rotatable bonds is 3. The summed E-state index contributed by atoms with van der Waals surface area (Å²) < 4.78 is 15.6. The molecule has 4 aliphatic heterocycles. The van der Waals surface area contributed by atoms with Gasteiger partial charge in [-0.3, -0.25) is 0 Å². The minimum atomic E-state index is -0.0278. The first-order valence-corrected chi connectivity index (χ1v) is 21.2. The van der Waals surface area contributed by atoms with E-state index < -0.39 is 0 Å². The van der Waals surface area contributed by atoms with Crippen molar-refractivity contribution in [3.8, 4) is 28.7 Å². The molecule has 0 unspecified atom stereocenters. The minimum absolute atomic E-state index is 0.0278. The van der Waals surface area contributed by atoms with Gasteiger partial charge in [-0.15, -0.1) is 0 Å². The first-order valence-electron chi connectivity index (χ1n) is 21.2. The molecule has 290 valence electrons. The van der Waals surface area contributed by atoms with Crippen molar-refractivity contribution in [1.29, 1.82) is 0 Å². The minimum Gasteiger partial charge on any atom is -0.453 e. The van der Waals surface area contributed by atoms with Crippen molar-refractivity contribution in [1.82, 2.24) is 4.57 Å². The molecule has 0 atom stereocenters. The van der Waals surface area contributed by atoms with Gasteiger partial charge >= 0.3 is 0 Å². The molecule has 5 heterocycles. The second kappa shape index (κ2) is 12.4. The summed E-state index contributed by atoms with van der Waals surface area (Å²) >= 11 is 0. The van der Waals surface area contributed by atoms with E-state index in [0.29, 0.717) is 0 Å². The Bertz CT molecular complexity index is 3450. The first kappa shape index (κ1) is 33.7. The van der Waals surface area contributed by atoms with E-state index in [2.05, 4.69) is 196 Å². The molecule has 0 radical (unpaired) electrons. The summed E-state index contributed by atoms with van der Waals surface area (Å²) in [5, 5.41) is 2.38. The second-order valence-corrected chi connectivity index (χ2v) is 16.6. The van der Waals surface area contributed by atoms with Crippen LogP contribution < -0.4 is 40.6 Å². The highest BCUT2D eigenvalue weighted by Crippen LogP contribution is 2.53. The van der Waals surface area contributed by atoms with Gasteiger partial charge in [0, 0.05) is 50.4 Å². The molecule has 6 nitrogen and oxygen atoms in total. The van der Waals surface area contributed by atoms with Crippen LogP contribution in [0.3, 0.4) is 0 Å². The number of para-hydroxylation sites is 10. The van der Waals surface area contributed by atoms with Crippen molar-refractivity contribution in [3.05, 3.63) is 200 Å². The molecule has 7 heteroatoms. The molecule has 62 heavy (non-hydrogen) atoms. The van der Waals surface area contributed by atoms with Crippen LogP contribution in [0.1, 0.15) is 5.56 Å². The van der Waals surface area contributed by atoms with Gasteiger partial charge in [0.25, 0.3) is 6.71 Å². The Labute approximate surface area is 358 Å². The Morgan fingerprint density at radius 3 is 1.50 bits per heavy atom. The molecule has 0 aliphatic carbocycles. The highest BCUT2D eigenvalue weighted by molar-refractivity contribution is 7.00. The average molecular weight is 795 g/mol. The third kappa shape index (κ3) is 4.54. The quantitative estimate of drug-likeness (QED) is 0.166. The summed E-state index contributed by atoms with van der Waals surface area (Å²) in [7, 11) is 0. The zero-order valence-corrected chi connectivity index (χ0v) is 33.7. The number of nitrogens with zero attached hydrogens (tertiary/aromatic N) is 4. The number of aryl methyl sites for hydroxylation is 1. The molecule has 9 aromatic carbocycles. The van der Waals surface area contributed by atoms with E-state index in [-0.39, 0.29) is 6.71 Å². The Morgan fingerprint density at radius 1 is 0.371 bits per heavy atom. The van der Waals surface area contributed by atoms with Gasteiger partial charge in [-0.1, -0.05) is 84.9 Å². The van der Waals surface area contributed by atoms with Crippen LogP contribution >= 0.6 is 0 Å². The van der Waals surface area contributed by atoms with Crippen LogP contribution in [0.5, 0.6) is 23.0 Å². The van der Waals surface area contributed by atoms with Crippen molar-refractivity contribution in [2.45, 2.75) is 6.92 Å². The highest BCUT2D eigenvalue weighted by Gasteiger charge is 2.43. The Balaban J connectivity index is 1.11. The lowest BCUT2D eigenvalue weighted by molar-refractivity contribution is 0.477. The molecule has 0 spiro atoms. The maximum atomic E-state index is 6.56. The van der Waals surface area contributed by atoms with E-state index in [1.807, 2.05) is 24.3 Å². The van der Waals surface area contributed by atoms with Gasteiger partial charge in [0.1, 0.15) is 0 Å². The molecule has 0 N–H and O–H groups in total. The van der Waals surface area contributed by atoms with E-state index in [1.54, 1.807) is 0 Å². The molecule has 4 aliphatic rings. The van der Waals surface area contributed by atoms with Crippen molar-refractivity contribution < 1.29 is 9.47 Å². The van der Waals surface area contributed by atoms with Crippen LogP contribution in [0.2, 0.25) is 0 Å². The lowest BCUT2D eigenvalue weighted by atomic mass is 9.33. The lowest BCUT2D eigenvalue weighted by Crippen LogP contribution is -2.60. The molecule has 0 amide bonds. The van der Waals surface area contributed by atoms with Gasteiger partial charge in [-0.2, -0.15) is 0 Å². The van der Waals surface area contributed by atoms with E-state index in [1.165, 1.54) is 55.3 Å². The van der Waals surface area contributed by atoms with Crippen molar-refractivity contribution in [2.24, 2.45) is 0 Å². The number of aromatic nitrogens is 1. The van der Waals surface area contributed by atoms with E-state index in [4.69, 9.17) is 9.47 Å². The summed E-state index contributed by atoms with van der Waals surface area (Å²) in [6.07, 6.45) is 0. The molecule has 10 aromatic rings. The third-order valence-corrected chi connectivity index (χ3v) is 13.1. The van der Waals surface area contributed by atoms with Crippen molar-refractivity contribution in [2.75, 3.05) is 14.7 Å². The summed E-state index contributed by atoms with van der Waals surface area (Å²) in [4.78, 5) is 7.20. The van der Waals surface area contributed by atoms with Crippen LogP contribution in [0.4, 0.5) is 51.2 Å². The number of hydrogen-bond acceptors (Lipinski definition) is 5. The van der Waals surface area contributed by atoms with Crippen LogP contribution in [-0.2, 0) is 0 Å². The smallest absolute Gasteiger partial charge is 0.252 e. The second-order valence-electron chi connectivity index (χ2n) is 16.6. The zero-order chi connectivity index (χ0) is 40.6. The standard InChI is InChI=1S/C55H35BN4O2/c1-34-29-48-54-49(30-34)60-42-28-27-36(58-44-19-7-11-23-50(44)61-51-24-12-8-20-45(51)58)31-38(42)39-32-37(59-46-21-9-13-25-52(46)62-53-26-14-10-22-47(53)59)33-41(55(39)60)56(54)40-17-5-6-18-43(40)57(48)35-15-3-2-4-16-35/h2-33H,1H3. The Hall–Kier alpha value is -8.16. The Morgan fingerprint density at radius 2 is 0.871 bits per heavy atom. The van der Waals surface area contributed by atoms with Crippen LogP contribution in [0.15, 0.2) is 194 Å². The predicted octanol–water partition coefficient (Wildman–Crippen LogP) is 12.9. The number of ether oxygens (including phenoxy) is 2. The van der Waals surface area contributed by atoms with Crippen LogP contribution in [0.25, 0.3) is 27.5 Å². The van der Waals surface area contributed by atoms with Crippen molar-refractivity contribution in [3.63, 3.8) is 0 Å². The normalized spacial score (nSPS) is 13.7. The van der Waals surface area contributed by atoms with Gasteiger partial charge in [-0.25, -0.2) is 0 Å². The molecule has 0 fully saturated rings. The predicted molar refractivity (Wildman–Crippen MR) is 254 cm³/mol. The van der Waals surface area contributed by atoms with Crippen molar-refractivity contribution >= 4 is 96.1 Å². The van der Waals surface area contributed by atoms with Gasteiger partial charge in [0.15, 0.2) is 23.0 Å². The number of benzene rings is 9. The topological polar surface area (TPSA) is 33.1 Å². The van der Waals surface area contributed by atoms with Gasteiger partial charge in [0.05, 0.1) is 28.3 Å². The molecular weight excluding hydrogens is 759 g/mol. The lowest BCUT2D eigenvalue weighted by Gasteiger charge is -2.41. The van der Waals surface area contributed by atoms with Crippen LogP contribution in [0, 0.1) is 6.92 Å². The number of anilines is 9. The zero-order valence-electron chi connectivity index (χ0n) is 33.7. The van der Waals surface area contributed by atoms with Gasteiger partial charge < -0.3 is 28.7 Å². The maximum absolute atomic E-state index is 6.56. The maximum Gasteiger partial charge on any atom is 0.252 e. The van der Waals surface area contributed by atoms with E-state index in [9.17, 15) is 0 Å². The third-order valence-electron chi connectivity index (χ3n) is 13.1. The molecule has 0 saturated heterocycles. The summed E-state index contributed by atoms with van der Waals surface area (Å²) in [5.74, 6) is 3.33. The van der Waals surface area contributed by atoms with Crippen LogP contribution in [-0.4, -0.2) is 11.3 Å². The monoisotopic (exact) mass is 794 g/mol. The summed E-state index contributed by atoms with van der Waals surface area (Å²) in [6.45, 7) is 2.20. The molecule has 0 saturated carbocycles.